The summed E-state index contributed by atoms with van der Waals surface area (Å²) in [4.78, 5) is 17.3. The number of aromatic nitrogens is 2. The molecule has 3 aromatic rings. The molecule has 2 aromatic carbocycles. The Morgan fingerprint density at radius 3 is 2.34 bits per heavy atom. The smallest absolute Gasteiger partial charge is 0.340 e. The number of imidazole rings is 1. The summed E-state index contributed by atoms with van der Waals surface area (Å²) in [6, 6.07) is 11.2. The van der Waals surface area contributed by atoms with Crippen molar-refractivity contribution in [3.8, 4) is 11.3 Å². The largest absolute Gasteiger partial charge is 0.471 e. The SMILES string of the molecule is CC1(C)c2nc(-c3ccc(F)cc3)c(Nc3cccc(F)c3)n2CCN1C(=O)C(F)(F)F. The number of benzene rings is 2. The van der Waals surface area contributed by atoms with Crippen LogP contribution in [0, 0.1) is 11.6 Å². The van der Waals surface area contributed by atoms with Gasteiger partial charge >= 0.3 is 12.1 Å². The van der Waals surface area contributed by atoms with Crippen LogP contribution in [0.3, 0.4) is 0 Å². The van der Waals surface area contributed by atoms with E-state index < -0.39 is 29.3 Å². The highest BCUT2D eigenvalue weighted by Crippen LogP contribution is 2.40. The van der Waals surface area contributed by atoms with Gasteiger partial charge in [0.25, 0.3) is 0 Å². The van der Waals surface area contributed by atoms with E-state index in [0.717, 1.165) is 4.90 Å². The molecule has 1 aromatic heterocycles. The average molecular weight is 450 g/mol. The van der Waals surface area contributed by atoms with Crippen LogP contribution in [0.25, 0.3) is 11.3 Å². The fraction of sp³-hybridized carbons (Fsp3) is 0.273. The molecule has 10 heteroatoms. The molecule has 0 bridgehead atoms. The predicted octanol–water partition coefficient (Wildman–Crippen LogP) is 5.21. The van der Waals surface area contributed by atoms with Gasteiger partial charge in [0.1, 0.15) is 29.0 Å². The Labute approximate surface area is 180 Å². The van der Waals surface area contributed by atoms with E-state index in [4.69, 9.17) is 0 Å². The first-order valence-corrected chi connectivity index (χ1v) is 9.77. The van der Waals surface area contributed by atoms with Gasteiger partial charge in [-0.3, -0.25) is 4.79 Å². The fourth-order valence-electron chi connectivity index (χ4n) is 3.89. The molecule has 1 amide bonds. The van der Waals surface area contributed by atoms with E-state index in [0.29, 0.717) is 22.8 Å². The van der Waals surface area contributed by atoms with Crippen LogP contribution < -0.4 is 5.32 Å². The summed E-state index contributed by atoms with van der Waals surface area (Å²) in [7, 11) is 0. The molecule has 0 radical (unpaired) electrons. The van der Waals surface area contributed by atoms with Crippen LogP contribution in [0.5, 0.6) is 0 Å². The number of fused-ring (bicyclic) bond motifs is 1. The molecule has 0 saturated carbocycles. The summed E-state index contributed by atoms with van der Waals surface area (Å²) in [6.45, 7) is 2.80. The zero-order valence-electron chi connectivity index (χ0n) is 17.2. The first-order valence-electron chi connectivity index (χ1n) is 9.77. The van der Waals surface area contributed by atoms with Crippen molar-refractivity contribution in [2.75, 3.05) is 11.9 Å². The molecule has 4 rings (SSSR count). The minimum atomic E-state index is -5.02. The maximum atomic E-state index is 13.7. The summed E-state index contributed by atoms with van der Waals surface area (Å²) in [5.41, 5.74) is -0.125. The van der Waals surface area contributed by atoms with Gasteiger partial charge in [-0.2, -0.15) is 13.2 Å². The lowest BCUT2D eigenvalue weighted by atomic mass is 9.99. The summed E-state index contributed by atoms with van der Waals surface area (Å²) in [5.74, 6) is -2.25. The van der Waals surface area contributed by atoms with E-state index in [9.17, 15) is 26.7 Å². The molecule has 0 saturated heterocycles. The number of amides is 1. The molecule has 0 aliphatic carbocycles. The minimum Gasteiger partial charge on any atom is -0.340 e. The quantitative estimate of drug-likeness (QED) is 0.558. The number of alkyl halides is 3. The number of halogens is 5. The molecule has 1 aliphatic rings. The Kier molecular flexibility index (Phi) is 5.18. The fourth-order valence-corrected chi connectivity index (χ4v) is 3.89. The number of carbonyl (C=O) groups excluding carboxylic acids is 1. The first kappa shape index (κ1) is 21.8. The van der Waals surface area contributed by atoms with Gasteiger partial charge < -0.3 is 14.8 Å². The minimum absolute atomic E-state index is 0.0342. The zero-order chi connectivity index (χ0) is 23.3. The first-order chi connectivity index (χ1) is 15.0. The topological polar surface area (TPSA) is 50.2 Å². The number of nitrogens with one attached hydrogen (secondary N) is 1. The molecule has 32 heavy (non-hydrogen) atoms. The summed E-state index contributed by atoms with van der Waals surface area (Å²) in [5, 5.41) is 3.09. The lowest BCUT2D eigenvalue weighted by molar-refractivity contribution is -0.192. The molecule has 1 N–H and O–H groups in total. The average Bonchev–Trinajstić information content (AvgIpc) is 3.07. The number of hydrogen-bond donors (Lipinski definition) is 1. The van der Waals surface area contributed by atoms with Crippen LogP contribution in [-0.2, 0) is 16.9 Å². The van der Waals surface area contributed by atoms with Crippen molar-refractivity contribution in [1.29, 1.82) is 0 Å². The van der Waals surface area contributed by atoms with Gasteiger partial charge in [-0.25, -0.2) is 13.8 Å². The second-order valence-corrected chi connectivity index (χ2v) is 7.94. The van der Waals surface area contributed by atoms with Crippen LogP contribution in [-0.4, -0.2) is 33.1 Å². The lowest BCUT2D eigenvalue weighted by Crippen LogP contribution is -2.55. The van der Waals surface area contributed by atoms with Crippen molar-refractivity contribution in [3.05, 3.63) is 66.0 Å². The van der Waals surface area contributed by atoms with E-state index in [-0.39, 0.29) is 18.9 Å². The lowest BCUT2D eigenvalue weighted by Gasteiger charge is -2.42. The Morgan fingerprint density at radius 1 is 1.03 bits per heavy atom. The Bertz CT molecular complexity index is 1170. The molecule has 2 heterocycles. The second-order valence-electron chi connectivity index (χ2n) is 7.94. The number of anilines is 2. The molecule has 0 atom stereocenters. The summed E-state index contributed by atoms with van der Waals surface area (Å²) >= 11 is 0. The normalized spacial score (nSPS) is 15.4. The molecule has 168 valence electrons. The van der Waals surface area contributed by atoms with Crippen molar-refractivity contribution in [2.45, 2.75) is 32.1 Å². The maximum absolute atomic E-state index is 13.7. The van der Waals surface area contributed by atoms with Crippen molar-refractivity contribution >= 4 is 17.4 Å². The molecule has 5 nitrogen and oxygen atoms in total. The number of hydrogen-bond acceptors (Lipinski definition) is 3. The van der Waals surface area contributed by atoms with Gasteiger partial charge in [-0.05, 0) is 56.3 Å². The van der Waals surface area contributed by atoms with Gasteiger partial charge in [0.15, 0.2) is 0 Å². The van der Waals surface area contributed by atoms with Crippen molar-refractivity contribution in [2.24, 2.45) is 0 Å². The van der Waals surface area contributed by atoms with Crippen LogP contribution in [0.1, 0.15) is 19.7 Å². The Morgan fingerprint density at radius 2 is 1.72 bits per heavy atom. The predicted molar refractivity (Wildman–Crippen MR) is 108 cm³/mol. The number of nitrogens with zero attached hydrogens (tertiary/aromatic N) is 3. The summed E-state index contributed by atoms with van der Waals surface area (Å²) < 4.78 is 68.3. The molecule has 0 unspecified atom stereocenters. The molecular formula is C22H19F5N4O. The van der Waals surface area contributed by atoms with E-state index in [1.54, 1.807) is 10.6 Å². The van der Waals surface area contributed by atoms with Gasteiger partial charge in [0.2, 0.25) is 0 Å². The Hall–Kier alpha value is -3.43. The van der Waals surface area contributed by atoms with Gasteiger partial charge in [-0.15, -0.1) is 0 Å². The van der Waals surface area contributed by atoms with Gasteiger partial charge in [0, 0.05) is 24.3 Å². The third-order valence-corrected chi connectivity index (χ3v) is 5.43. The zero-order valence-corrected chi connectivity index (χ0v) is 17.2. The second kappa shape index (κ2) is 7.61. The molecule has 0 spiro atoms. The van der Waals surface area contributed by atoms with Crippen molar-refractivity contribution in [3.63, 3.8) is 0 Å². The van der Waals surface area contributed by atoms with Gasteiger partial charge in [0.05, 0.1) is 5.54 Å². The van der Waals surface area contributed by atoms with Crippen molar-refractivity contribution in [1.82, 2.24) is 14.5 Å². The van der Waals surface area contributed by atoms with Crippen LogP contribution in [0.15, 0.2) is 48.5 Å². The number of carbonyl (C=O) groups is 1. The Balaban J connectivity index is 1.86. The monoisotopic (exact) mass is 450 g/mol. The third kappa shape index (κ3) is 3.80. The van der Waals surface area contributed by atoms with Crippen LogP contribution in [0.4, 0.5) is 33.5 Å². The number of rotatable bonds is 3. The van der Waals surface area contributed by atoms with E-state index in [1.807, 2.05) is 0 Å². The highest BCUT2D eigenvalue weighted by Gasteiger charge is 2.50. The van der Waals surface area contributed by atoms with E-state index in [2.05, 4.69) is 10.3 Å². The highest BCUT2D eigenvalue weighted by atomic mass is 19.4. The van der Waals surface area contributed by atoms with Gasteiger partial charge in [-0.1, -0.05) is 6.07 Å². The van der Waals surface area contributed by atoms with Crippen LogP contribution >= 0.6 is 0 Å². The highest BCUT2D eigenvalue weighted by molar-refractivity contribution is 5.83. The van der Waals surface area contributed by atoms with E-state index >= 15 is 0 Å². The molecule has 0 fully saturated rings. The maximum Gasteiger partial charge on any atom is 0.471 e. The standard InChI is InChI=1S/C22H19F5N4O/c1-21(2)19-29-17(13-6-8-14(23)9-7-13)18(28-16-5-3-4-15(24)12-16)30(19)10-11-31(21)20(32)22(25,26)27/h3-9,12,28H,10-11H2,1-2H3. The molecule has 1 aliphatic heterocycles. The van der Waals surface area contributed by atoms with Crippen molar-refractivity contribution < 1.29 is 26.7 Å². The van der Waals surface area contributed by atoms with Crippen LogP contribution in [0.2, 0.25) is 0 Å². The third-order valence-electron chi connectivity index (χ3n) is 5.43. The molecular weight excluding hydrogens is 431 g/mol. The van der Waals surface area contributed by atoms with E-state index in [1.165, 1.54) is 56.3 Å². The summed E-state index contributed by atoms with van der Waals surface area (Å²) in [6.07, 6.45) is -5.02.